The van der Waals surface area contributed by atoms with Crippen molar-refractivity contribution in [3.63, 3.8) is 0 Å². The molecule has 2 N–H and O–H groups in total. The highest BCUT2D eigenvalue weighted by atomic mass is 32.2. The number of nitrogens with one attached hydrogen (secondary N) is 1. The van der Waals surface area contributed by atoms with E-state index in [9.17, 15) is 14.0 Å². The van der Waals surface area contributed by atoms with E-state index >= 15 is 0 Å². The number of carboxylic acids is 1. The molecule has 0 saturated carbocycles. The Bertz CT molecular complexity index is 1490. The number of carbonyl (C=O) groups excluding carboxylic acids is 1. The van der Waals surface area contributed by atoms with Crippen LogP contribution in [0.2, 0.25) is 0 Å². The third kappa shape index (κ3) is 4.49. The van der Waals surface area contributed by atoms with Gasteiger partial charge in [-0.05, 0) is 59.8 Å². The van der Waals surface area contributed by atoms with E-state index in [1.807, 2.05) is 36.5 Å². The number of amides is 1. The number of aromatic nitrogens is 1. The predicted molar refractivity (Wildman–Crippen MR) is 132 cm³/mol. The average Bonchev–Trinajstić information content (AvgIpc) is 3.35. The molecule has 168 valence electrons. The normalized spacial score (nSPS) is 15.9. The first-order valence-corrected chi connectivity index (χ1v) is 11.2. The zero-order chi connectivity index (χ0) is 23.7. The summed E-state index contributed by atoms with van der Waals surface area (Å²) in [7, 11) is 0. The van der Waals surface area contributed by atoms with Gasteiger partial charge in [0.15, 0.2) is 5.17 Å². The van der Waals surface area contributed by atoms with Crippen molar-refractivity contribution >= 4 is 51.5 Å². The molecule has 1 amide bonds. The lowest BCUT2D eigenvalue weighted by Crippen LogP contribution is -2.19. The summed E-state index contributed by atoms with van der Waals surface area (Å²) >= 11 is 1.20. The van der Waals surface area contributed by atoms with Crippen LogP contribution in [0.15, 0.2) is 88.9 Å². The van der Waals surface area contributed by atoms with E-state index in [4.69, 9.17) is 5.11 Å². The molecule has 8 heteroatoms. The standard InChI is InChI=1S/C26H18FN3O3S/c27-19-10-8-16(9-11-19)14-30-15-18(21-6-1-2-7-22(21)30)13-23-24(31)29-26(34-23)28-20-5-3-4-17(12-20)25(32)33/h1-13,15H,14H2,(H,32,33)(H,28,29,31)/b23-13-. The Morgan fingerprint density at radius 1 is 1.09 bits per heavy atom. The quantitative estimate of drug-likeness (QED) is 0.381. The minimum atomic E-state index is -1.04. The van der Waals surface area contributed by atoms with Crippen LogP contribution < -0.4 is 5.32 Å². The molecule has 4 aromatic rings. The number of thioether (sulfide) groups is 1. The minimum Gasteiger partial charge on any atom is -0.478 e. The van der Waals surface area contributed by atoms with Crippen LogP contribution in [0, 0.1) is 5.82 Å². The molecule has 1 saturated heterocycles. The molecule has 1 aliphatic heterocycles. The number of benzene rings is 3. The highest BCUT2D eigenvalue weighted by molar-refractivity contribution is 8.18. The van der Waals surface area contributed by atoms with Crippen LogP contribution in [0.1, 0.15) is 21.5 Å². The van der Waals surface area contributed by atoms with E-state index in [0.29, 0.717) is 22.3 Å². The van der Waals surface area contributed by atoms with Crippen molar-refractivity contribution in [3.8, 4) is 0 Å². The van der Waals surface area contributed by atoms with E-state index in [-0.39, 0.29) is 17.3 Å². The van der Waals surface area contributed by atoms with Crippen molar-refractivity contribution in [1.82, 2.24) is 9.88 Å². The molecule has 3 aromatic carbocycles. The second-order valence-electron chi connectivity index (χ2n) is 7.69. The Balaban J connectivity index is 1.45. The van der Waals surface area contributed by atoms with Gasteiger partial charge in [-0.15, -0.1) is 0 Å². The number of carboxylic acid groups (broad SMARTS) is 1. The highest BCUT2D eigenvalue weighted by Crippen LogP contribution is 2.31. The van der Waals surface area contributed by atoms with Gasteiger partial charge in [0.25, 0.3) is 5.91 Å². The molecule has 0 bridgehead atoms. The van der Waals surface area contributed by atoms with Crippen LogP contribution >= 0.6 is 11.8 Å². The van der Waals surface area contributed by atoms with Crippen molar-refractivity contribution in [3.05, 3.63) is 106 Å². The van der Waals surface area contributed by atoms with E-state index < -0.39 is 5.97 Å². The maximum atomic E-state index is 13.3. The molecule has 2 heterocycles. The van der Waals surface area contributed by atoms with Crippen LogP contribution in [0.5, 0.6) is 0 Å². The Morgan fingerprint density at radius 2 is 1.88 bits per heavy atom. The molecule has 1 aliphatic rings. The zero-order valence-electron chi connectivity index (χ0n) is 17.7. The second-order valence-corrected chi connectivity index (χ2v) is 8.72. The van der Waals surface area contributed by atoms with Crippen molar-refractivity contribution in [1.29, 1.82) is 0 Å². The zero-order valence-corrected chi connectivity index (χ0v) is 18.6. The summed E-state index contributed by atoms with van der Waals surface area (Å²) in [6.07, 6.45) is 3.79. The Morgan fingerprint density at radius 3 is 2.68 bits per heavy atom. The fourth-order valence-electron chi connectivity index (χ4n) is 3.76. The number of rotatable bonds is 5. The van der Waals surface area contributed by atoms with Crippen LogP contribution in [-0.4, -0.2) is 26.7 Å². The maximum absolute atomic E-state index is 13.3. The van der Waals surface area contributed by atoms with E-state index in [1.54, 1.807) is 24.3 Å². The van der Waals surface area contributed by atoms with Gasteiger partial charge in [0.05, 0.1) is 16.2 Å². The van der Waals surface area contributed by atoms with Gasteiger partial charge in [-0.3, -0.25) is 4.79 Å². The molecule has 0 aliphatic carbocycles. The van der Waals surface area contributed by atoms with Crippen LogP contribution in [0.25, 0.3) is 17.0 Å². The van der Waals surface area contributed by atoms with Crippen LogP contribution in [0.4, 0.5) is 10.1 Å². The summed E-state index contributed by atoms with van der Waals surface area (Å²) < 4.78 is 15.3. The monoisotopic (exact) mass is 471 g/mol. The van der Waals surface area contributed by atoms with Crippen molar-refractivity contribution in [2.75, 3.05) is 0 Å². The van der Waals surface area contributed by atoms with Gasteiger partial charge in [-0.25, -0.2) is 14.2 Å². The molecule has 0 radical (unpaired) electrons. The van der Waals surface area contributed by atoms with Crippen LogP contribution in [-0.2, 0) is 11.3 Å². The summed E-state index contributed by atoms with van der Waals surface area (Å²) in [5.41, 5.74) is 3.42. The lowest BCUT2D eigenvalue weighted by molar-refractivity contribution is -0.115. The van der Waals surface area contributed by atoms with E-state index in [2.05, 4.69) is 14.9 Å². The molecule has 0 spiro atoms. The molecule has 0 unspecified atom stereocenters. The number of halogens is 1. The molecule has 1 aromatic heterocycles. The summed E-state index contributed by atoms with van der Waals surface area (Å²) in [6.45, 7) is 0.565. The van der Waals surface area contributed by atoms with Crippen molar-refractivity contribution in [2.24, 2.45) is 4.99 Å². The number of fused-ring (bicyclic) bond motifs is 1. The fraction of sp³-hybridized carbons (Fsp3) is 0.0385. The van der Waals surface area contributed by atoms with Crippen molar-refractivity contribution < 1.29 is 19.1 Å². The summed E-state index contributed by atoms with van der Waals surface area (Å²) in [6, 6.07) is 20.5. The van der Waals surface area contributed by atoms with Gasteiger partial charge < -0.3 is 15.0 Å². The molecular formula is C26H18FN3O3S. The largest absolute Gasteiger partial charge is 0.478 e. The third-order valence-electron chi connectivity index (χ3n) is 5.35. The van der Waals surface area contributed by atoms with Crippen molar-refractivity contribution in [2.45, 2.75) is 6.54 Å². The van der Waals surface area contributed by atoms with Gasteiger partial charge in [0.1, 0.15) is 5.82 Å². The number of amidine groups is 1. The highest BCUT2D eigenvalue weighted by Gasteiger charge is 2.24. The summed E-state index contributed by atoms with van der Waals surface area (Å²) in [5, 5.41) is 13.3. The molecule has 0 atom stereocenters. The van der Waals surface area contributed by atoms with Gasteiger partial charge in [0.2, 0.25) is 0 Å². The SMILES string of the molecule is O=C1NC(=Nc2cccc(C(=O)O)c2)S/C1=C\c1cn(Cc2ccc(F)cc2)c2ccccc12. The molecule has 6 nitrogen and oxygen atoms in total. The number of carbonyl (C=O) groups is 2. The summed E-state index contributed by atoms with van der Waals surface area (Å²) in [4.78, 5) is 28.7. The van der Waals surface area contributed by atoms with Crippen LogP contribution in [0.3, 0.4) is 0 Å². The van der Waals surface area contributed by atoms with E-state index in [1.165, 1.54) is 36.0 Å². The number of aliphatic imine (C=N–C) groups is 1. The number of hydrogen-bond donors (Lipinski definition) is 2. The van der Waals surface area contributed by atoms with Gasteiger partial charge in [0, 0.05) is 29.2 Å². The number of hydrogen-bond acceptors (Lipinski definition) is 4. The first-order valence-electron chi connectivity index (χ1n) is 10.4. The molecular weight excluding hydrogens is 453 g/mol. The summed E-state index contributed by atoms with van der Waals surface area (Å²) in [5.74, 6) is -1.58. The average molecular weight is 472 g/mol. The smallest absolute Gasteiger partial charge is 0.335 e. The second kappa shape index (κ2) is 8.99. The first-order chi connectivity index (χ1) is 16.5. The van der Waals surface area contributed by atoms with E-state index in [0.717, 1.165) is 22.0 Å². The maximum Gasteiger partial charge on any atom is 0.335 e. The predicted octanol–water partition coefficient (Wildman–Crippen LogP) is 5.42. The number of aromatic carboxylic acids is 1. The number of nitrogens with zero attached hydrogens (tertiary/aromatic N) is 2. The lowest BCUT2D eigenvalue weighted by Gasteiger charge is -2.05. The topological polar surface area (TPSA) is 83.7 Å². The first kappa shape index (κ1) is 21.7. The Kier molecular flexibility index (Phi) is 5.73. The number of para-hydroxylation sites is 1. The fourth-order valence-corrected chi connectivity index (χ4v) is 4.59. The molecule has 5 rings (SSSR count). The minimum absolute atomic E-state index is 0.126. The third-order valence-corrected chi connectivity index (χ3v) is 6.26. The molecule has 1 fully saturated rings. The van der Waals surface area contributed by atoms with Gasteiger partial charge in [-0.2, -0.15) is 0 Å². The van der Waals surface area contributed by atoms with Gasteiger partial charge in [-0.1, -0.05) is 36.4 Å². The lowest BCUT2D eigenvalue weighted by atomic mass is 10.1. The molecule has 34 heavy (non-hydrogen) atoms. The van der Waals surface area contributed by atoms with Gasteiger partial charge >= 0.3 is 5.97 Å². The Labute approximate surface area is 198 Å². The Hall–Kier alpha value is -4.17.